The first-order valence-corrected chi connectivity index (χ1v) is 11.1. The molecule has 1 atom stereocenters. The lowest BCUT2D eigenvalue weighted by atomic mass is 9.87. The zero-order chi connectivity index (χ0) is 21.8. The maximum absolute atomic E-state index is 13.2. The van der Waals surface area contributed by atoms with Crippen LogP contribution in [0.1, 0.15) is 58.0 Å². The number of fused-ring (bicyclic) bond motifs is 1. The predicted molar refractivity (Wildman–Crippen MR) is 119 cm³/mol. The second-order valence-electron chi connectivity index (χ2n) is 7.72. The summed E-state index contributed by atoms with van der Waals surface area (Å²) in [5.74, 6) is -0.979. The molecule has 1 heterocycles. The number of benzene rings is 2. The van der Waals surface area contributed by atoms with Crippen LogP contribution in [0.3, 0.4) is 0 Å². The highest BCUT2D eigenvalue weighted by Gasteiger charge is 2.23. The molecule has 4 rings (SSSR count). The van der Waals surface area contributed by atoms with Crippen molar-refractivity contribution in [3.8, 4) is 0 Å². The van der Waals surface area contributed by atoms with Gasteiger partial charge in [0.2, 0.25) is 0 Å². The summed E-state index contributed by atoms with van der Waals surface area (Å²) in [5, 5.41) is 20.1. The van der Waals surface area contributed by atoms with Gasteiger partial charge in [-0.05, 0) is 54.2 Å². The van der Waals surface area contributed by atoms with Crippen LogP contribution in [-0.4, -0.2) is 32.0 Å². The van der Waals surface area contributed by atoms with Crippen molar-refractivity contribution in [2.45, 2.75) is 44.7 Å². The quantitative estimate of drug-likeness (QED) is 0.531. The van der Waals surface area contributed by atoms with Crippen molar-refractivity contribution in [2.24, 2.45) is 0 Å². The molecule has 0 bridgehead atoms. The molecule has 2 N–H and O–H groups in total. The molecule has 0 unspecified atom stereocenters. The van der Waals surface area contributed by atoms with Gasteiger partial charge in [-0.2, -0.15) is 0 Å². The zero-order valence-electron chi connectivity index (χ0n) is 16.9. The lowest BCUT2D eigenvalue weighted by molar-refractivity contribution is -0.136. The van der Waals surface area contributed by atoms with Gasteiger partial charge < -0.3 is 10.4 Å². The van der Waals surface area contributed by atoms with Crippen molar-refractivity contribution in [2.75, 3.05) is 0 Å². The molecule has 2 aromatic carbocycles. The number of rotatable bonds is 7. The Kier molecular flexibility index (Phi) is 6.46. The van der Waals surface area contributed by atoms with Crippen LogP contribution in [0.5, 0.6) is 0 Å². The first-order chi connectivity index (χ1) is 15.0. The van der Waals surface area contributed by atoms with E-state index in [0.29, 0.717) is 24.2 Å². The third-order valence-electron chi connectivity index (χ3n) is 5.50. The first kappa shape index (κ1) is 21.2. The molecule has 1 aliphatic carbocycles. The van der Waals surface area contributed by atoms with Gasteiger partial charge in [0.25, 0.3) is 5.91 Å². The van der Waals surface area contributed by atoms with Crippen molar-refractivity contribution in [1.29, 1.82) is 0 Å². The van der Waals surface area contributed by atoms with Crippen LogP contribution in [0.2, 0.25) is 0 Å². The highest BCUT2D eigenvalue weighted by molar-refractivity contribution is 9.10. The minimum atomic E-state index is -0.868. The summed E-state index contributed by atoms with van der Waals surface area (Å²) < 4.78 is 2.65. The van der Waals surface area contributed by atoms with Gasteiger partial charge in [-0.25, -0.2) is 4.68 Å². The number of carbonyl (C=O) groups is 2. The van der Waals surface area contributed by atoms with E-state index in [-0.39, 0.29) is 18.4 Å². The number of amides is 1. The molecule has 8 heteroatoms. The van der Waals surface area contributed by atoms with E-state index in [0.717, 1.165) is 29.3 Å². The summed E-state index contributed by atoms with van der Waals surface area (Å²) in [7, 11) is 0. The third kappa shape index (κ3) is 5.19. The fraction of sp³-hybridized carbons (Fsp3) is 0.304. The number of nitrogens with zero attached hydrogens (tertiary/aromatic N) is 3. The first-order valence-electron chi connectivity index (χ1n) is 10.3. The van der Waals surface area contributed by atoms with Gasteiger partial charge in [0.15, 0.2) is 0 Å². The average molecular weight is 483 g/mol. The predicted octanol–water partition coefficient (Wildman–Crippen LogP) is 3.91. The number of hydrogen-bond donors (Lipinski definition) is 2. The van der Waals surface area contributed by atoms with Gasteiger partial charge in [-0.3, -0.25) is 9.59 Å². The molecular weight excluding hydrogens is 460 g/mol. The number of carboxylic acids is 1. The number of aryl methyl sites for hydroxylation is 2. The molecule has 0 aliphatic heterocycles. The van der Waals surface area contributed by atoms with E-state index < -0.39 is 5.97 Å². The normalized spacial score (nSPS) is 15.3. The van der Waals surface area contributed by atoms with E-state index in [2.05, 4.69) is 43.7 Å². The molecule has 0 saturated carbocycles. The third-order valence-corrected chi connectivity index (χ3v) is 6.00. The summed E-state index contributed by atoms with van der Waals surface area (Å²) in [6.07, 6.45) is 5.05. The molecule has 1 aliphatic rings. The number of carboxylic acid groups (broad SMARTS) is 1. The lowest BCUT2D eigenvalue weighted by Crippen LogP contribution is -2.31. The van der Waals surface area contributed by atoms with Gasteiger partial charge in [0.1, 0.15) is 0 Å². The monoisotopic (exact) mass is 482 g/mol. The molecule has 1 aromatic heterocycles. The summed E-state index contributed by atoms with van der Waals surface area (Å²) >= 11 is 3.54. The zero-order valence-corrected chi connectivity index (χ0v) is 18.5. The maximum atomic E-state index is 13.2. The number of aromatic nitrogens is 3. The molecule has 0 fully saturated rings. The summed E-state index contributed by atoms with van der Waals surface area (Å²) in [6, 6.07) is 13.7. The van der Waals surface area contributed by atoms with E-state index in [4.69, 9.17) is 5.11 Å². The molecule has 0 spiro atoms. The fourth-order valence-corrected chi connectivity index (χ4v) is 4.35. The van der Waals surface area contributed by atoms with Crippen LogP contribution >= 0.6 is 15.9 Å². The topological polar surface area (TPSA) is 97.1 Å². The van der Waals surface area contributed by atoms with Crippen molar-refractivity contribution in [1.82, 2.24) is 20.3 Å². The average Bonchev–Trinajstić information content (AvgIpc) is 3.20. The number of aliphatic carboxylic acids is 1. The summed E-state index contributed by atoms with van der Waals surface area (Å²) in [6.45, 7) is 0.385. The number of carbonyl (C=O) groups excluding carboxylic acids is 1. The molecule has 31 heavy (non-hydrogen) atoms. The van der Waals surface area contributed by atoms with Gasteiger partial charge in [0.05, 0.1) is 24.7 Å². The van der Waals surface area contributed by atoms with Crippen LogP contribution < -0.4 is 5.32 Å². The smallest absolute Gasteiger partial charge is 0.303 e. The van der Waals surface area contributed by atoms with E-state index in [1.165, 1.54) is 11.1 Å². The Morgan fingerprint density at radius 2 is 2.06 bits per heavy atom. The van der Waals surface area contributed by atoms with Crippen LogP contribution in [0.25, 0.3) is 0 Å². The van der Waals surface area contributed by atoms with Crippen molar-refractivity contribution in [3.63, 3.8) is 0 Å². The Morgan fingerprint density at radius 3 is 2.90 bits per heavy atom. The Hall–Kier alpha value is -3.00. The van der Waals surface area contributed by atoms with E-state index in [1.807, 2.05) is 30.3 Å². The lowest BCUT2D eigenvalue weighted by Gasteiger charge is -2.27. The molecule has 1 amide bonds. The van der Waals surface area contributed by atoms with Gasteiger partial charge >= 0.3 is 5.97 Å². The minimum absolute atomic E-state index is 0.0106. The van der Waals surface area contributed by atoms with Gasteiger partial charge in [-0.1, -0.05) is 45.4 Å². The largest absolute Gasteiger partial charge is 0.481 e. The second kappa shape index (κ2) is 9.43. The summed E-state index contributed by atoms with van der Waals surface area (Å²) in [4.78, 5) is 23.9. The van der Waals surface area contributed by atoms with E-state index in [9.17, 15) is 9.59 Å². The molecular formula is C23H23BrN4O3. The van der Waals surface area contributed by atoms with Gasteiger partial charge in [-0.15, -0.1) is 5.10 Å². The number of hydrogen-bond acceptors (Lipinski definition) is 4. The maximum Gasteiger partial charge on any atom is 0.303 e. The molecule has 0 saturated heterocycles. The Morgan fingerprint density at radius 1 is 1.23 bits per heavy atom. The standard InChI is InChI=1S/C23H23BrN4O3/c24-17-9-8-15-5-3-7-21(20(15)12-17)25-23(31)19-6-2-1-4-16(19)13-28-14-18(26-27-28)10-11-22(29)30/h1-2,4,6,8-9,12,14,21H,3,5,7,10-11,13H2,(H,25,31)(H,29,30)/t21-/m1/s1. The van der Waals surface area contributed by atoms with Crippen molar-refractivity contribution >= 4 is 27.8 Å². The molecule has 7 nitrogen and oxygen atoms in total. The fourth-order valence-electron chi connectivity index (χ4n) is 3.98. The number of halogens is 1. The molecule has 160 valence electrons. The Balaban J connectivity index is 1.50. The molecule has 0 radical (unpaired) electrons. The minimum Gasteiger partial charge on any atom is -0.481 e. The second-order valence-corrected chi connectivity index (χ2v) is 8.64. The SMILES string of the molecule is O=C(O)CCc1cn(Cc2ccccc2C(=O)N[C@@H]2CCCc3ccc(Br)cc32)nn1. The highest BCUT2D eigenvalue weighted by Crippen LogP contribution is 2.32. The van der Waals surface area contributed by atoms with Crippen molar-refractivity contribution in [3.05, 3.63) is 81.1 Å². The Labute approximate surface area is 188 Å². The van der Waals surface area contributed by atoms with Crippen molar-refractivity contribution < 1.29 is 14.7 Å². The van der Waals surface area contributed by atoms with Crippen LogP contribution in [0.15, 0.2) is 53.1 Å². The number of nitrogens with one attached hydrogen (secondary N) is 1. The van der Waals surface area contributed by atoms with E-state index in [1.54, 1.807) is 10.9 Å². The highest BCUT2D eigenvalue weighted by atomic mass is 79.9. The Bertz CT molecular complexity index is 1110. The van der Waals surface area contributed by atoms with Crippen LogP contribution in [-0.2, 0) is 24.2 Å². The van der Waals surface area contributed by atoms with Gasteiger partial charge in [0, 0.05) is 22.7 Å². The summed E-state index contributed by atoms with van der Waals surface area (Å²) in [5.41, 5.74) is 4.51. The molecule has 3 aromatic rings. The van der Waals surface area contributed by atoms with Crippen LogP contribution in [0, 0.1) is 0 Å². The van der Waals surface area contributed by atoms with E-state index >= 15 is 0 Å². The van der Waals surface area contributed by atoms with Crippen LogP contribution in [0.4, 0.5) is 0 Å².